The highest BCUT2D eigenvalue weighted by Gasteiger charge is 2.16. The molecule has 0 radical (unpaired) electrons. The van der Waals surface area contributed by atoms with Crippen LogP contribution in [0.5, 0.6) is 0 Å². The maximum Gasteiger partial charge on any atom is 0.136 e. The third-order valence-corrected chi connectivity index (χ3v) is 7.48. The highest BCUT2D eigenvalue weighted by molar-refractivity contribution is 6.15. The third-order valence-electron chi connectivity index (χ3n) is 7.48. The van der Waals surface area contributed by atoms with Crippen LogP contribution in [0.4, 0.5) is 0 Å². The summed E-state index contributed by atoms with van der Waals surface area (Å²) in [5, 5.41) is 4.42. The number of rotatable bonds is 4. The van der Waals surface area contributed by atoms with Crippen molar-refractivity contribution in [3.05, 3.63) is 134 Å². The van der Waals surface area contributed by atoms with Crippen molar-refractivity contribution in [2.24, 2.45) is 0 Å². The van der Waals surface area contributed by atoms with Gasteiger partial charge in [0.1, 0.15) is 11.2 Å². The molecule has 0 aliphatic rings. The van der Waals surface area contributed by atoms with Gasteiger partial charge in [0.05, 0.1) is 22.8 Å². The topological polar surface area (TPSA) is 64.7 Å². The summed E-state index contributed by atoms with van der Waals surface area (Å²) in [5.41, 5.74) is 9.27. The third kappa shape index (κ3) is 4.03. The van der Waals surface area contributed by atoms with Crippen molar-refractivity contribution >= 4 is 32.7 Å². The Balaban J connectivity index is 1.36. The molecule has 0 aliphatic carbocycles. The molecule has 5 heterocycles. The Hall–Kier alpha value is -5.68. The van der Waals surface area contributed by atoms with Crippen molar-refractivity contribution in [3.63, 3.8) is 0 Å². The van der Waals surface area contributed by atoms with Crippen LogP contribution in [0.25, 0.3) is 77.7 Å². The monoisotopic (exact) mass is 526 g/mol. The van der Waals surface area contributed by atoms with Crippen LogP contribution in [0, 0.1) is 0 Å². The minimum absolute atomic E-state index is 0.796. The molecule has 0 saturated carbocycles. The Morgan fingerprint density at radius 2 is 1.24 bits per heavy atom. The molecule has 41 heavy (non-hydrogen) atoms. The van der Waals surface area contributed by atoms with E-state index in [2.05, 4.69) is 75.6 Å². The molecule has 3 aromatic carbocycles. The van der Waals surface area contributed by atoms with E-state index in [1.807, 2.05) is 60.9 Å². The van der Waals surface area contributed by atoms with Gasteiger partial charge in [-0.05, 0) is 88.3 Å². The van der Waals surface area contributed by atoms with E-state index in [1.54, 1.807) is 12.4 Å². The first kappa shape index (κ1) is 23.2. The minimum Gasteiger partial charge on any atom is -0.456 e. The highest BCUT2D eigenvalue weighted by atomic mass is 16.3. The lowest BCUT2D eigenvalue weighted by Crippen LogP contribution is -1.93. The number of benzene rings is 3. The highest BCUT2D eigenvalue weighted by Crippen LogP contribution is 2.40. The van der Waals surface area contributed by atoms with E-state index in [0.29, 0.717) is 0 Å². The summed E-state index contributed by atoms with van der Waals surface area (Å²) in [6.07, 6.45) is 7.35. The summed E-state index contributed by atoms with van der Waals surface area (Å²) in [5.74, 6) is 0. The summed E-state index contributed by atoms with van der Waals surface area (Å²) in [4.78, 5) is 18.5. The molecule has 5 aromatic heterocycles. The molecule has 0 fully saturated rings. The Bertz CT molecular complexity index is 2140. The molecule has 192 valence electrons. The SMILES string of the molecule is c1ccc(-c2cc(-c3ccc4oc5cccc(-c6cccc7ccncc67)c5c4c3)cc(-c3ccccn3)n2)nc1. The van der Waals surface area contributed by atoms with Crippen molar-refractivity contribution in [3.8, 4) is 45.0 Å². The summed E-state index contributed by atoms with van der Waals surface area (Å²) >= 11 is 0. The van der Waals surface area contributed by atoms with Gasteiger partial charge in [0, 0.05) is 40.9 Å². The molecule has 0 unspecified atom stereocenters. The van der Waals surface area contributed by atoms with Gasteiger partial charge in [0.2, 0.25) is 0 Å². The van der Waals surface area contributed by atoms with Crippen LogP contribution in [0.1, 0.15) is 0 Å². The quantitative estimate of drug-likeness (QED) is 0.229. The molecular weight excluding hydrogens is 504 g/mol. The molecule has 8 aromatic rings. The first-order valence-corrected chi connectivity index (χ1v) is 13.5. The van der Waals surface area contributed by atoms with Gasteiger partial charge < -0.3 is 4.42 Å². The van der Waals surface area contributed by atoms with Crippen LogP contribution < -0.4 is 0 Å². The predicted molar refractivity (Wildman–Crippen MR) is 164 cm³/mol. The fourth-order valence-corrected chi connectivity index (χ4v) is 5.57. The number of hydrogen-bond donors (Lipinski definition) is 0. The largest absolute Gasteiger partial charge is 0.456 e. The van der Waals surface area contributed by atoms with Gasteiger partial charge >= 0.3 is 0 Å². The maximum absolute atomic E-state index is 6.36. The maximum atomic E-state index is 6.36. The molecule has 0 bridgehead atoms. The summed E-state index contributed by atoms with van der Waals surface area (Å²) in [6.45, 7) is 0. The second-order valence-corrected chi connectivity index (χ2v) is 9.95. The Kier molecular flexibility index (Phi) is 5.38. The summed E-state index contributed by atoms with van der Waals surface area (Å²) in [6, 6.07) is 37.0. The fraction of sp³-hybridized carbons (Fsp3) is 0. The standard InChI is InChI=1S/C36H22N4O/c1-3-16-38-30(10-1)32-20-25(21-33(40-32)31-11-2-4-17-39-31)24-13-14-34-28(19-24)36-27(9-6-12-35(36)41-34)26-8-5-7-23-15-18-37-22-29(23)26/h1-22H. The average molecular weight is 527 g/mol. The van der Waals surface area contributed by atoms with E-state index in [-0.39, 0.29) is 0 Å². The lowest BCUT2D eigenvalue weighted by Gasteiger charge is -2.10. The molecule has 5 heteroatoms. The van der Waals surface area contributed by atoms with Crippen LogP contribution in [0.2, 0.25) is 0 Å². The van der Waals surface area contributed by atoms with E-state index in [0.717, 1.165) is 77.7 Å². The second-order valence-electron chi connectivity index (χ2n) is 9.95. The number of nitrogens with zero attached hydrogens (tertiary/aromatic N) is 4. The van der Waals surface area contributed by atoms with E-state index < -0.39 is 0 Å². The summed E-state index contributed by atoms with van der Waals surface area (Å²) in [7, 11) is 0. The van der Waals surface area contributed by atoms with Gasteiger partial charge in [-0.3, -0.25) is 15.0 Å². The Morgan fingerprint density at radius 1 is 0.488 bits per heavy atom. The minimum atomic E-state index is 0.796. The molecule has 0 aliphatic heterocycles. The second kappa shape index (κ2) is 9.50. The van der Waals surface area contributed by atoms with Crippen molar-refractivity contribution < 1.29 is 4.42 Å². The van der Waals surface area contributed by atoms with E-state index in [1.165, 1.54) is 0 Å². The summed E-state index contributed by atoms with van der Waals surface area (Å²) < 4.78 is 6.36. The molecule has 0 amide bonds. The predicted octanol–water partition coefficient (Wildman–Crippen LogP) is 8.99. The van der Waals surface area contributed by atoms with Gasteiger partial charge in [-0.15, -0.1) is 0 Å². The van der Waals surface area contributed by atoms with Crippen molar-refractivity contribution in [1.82, 2.24) is 19.9 Å². The van der Waals surface area contributed by atoms with Crippen LogP contribution in [0.15, 0.2) is 138 Å². The lowest BCUT2D eigenvalue weighted by molar-refractivity contribution is 0.669. The van der Waals surface area contributed by atoms with Gasteiger partial charge in [-0.2, -0.15) is 0 Å². The van der Waals surface area contributed by atoms with E-state index in [4.69, 9.17) is 9.40 Å². The molecule has 8 rings (SSSR count). The number of pyridine rings is 4. The van der Waals surface area contributed by atoms with Gasteiger partial charge in [0.25, 0.3) is 0 Å². The zero-order chi connectivity index (χ0) is 27.2. The zero-order valence-electron chi connectivity index (χ0n) is 21.9. The number of fused-ring (bicyclic) bond motifs is 4. The molecule has 0 saturated heterocycles. The van der Waals surface area contributed by atoms with Gasteiger partial charge in [-0.1, -0.05) is 48.5 Å². The van der Waals surface area contributed by atoms with Crippen molar-refractivity contribution in [1.29, 1.82) is 0 Å². The van der Waals surface area contributed by atoms with Crippen LogP contribution in [-0.4, -0.2) is 19.9 Å². The molecule has 0 atom stereocenters. The number of aromatic nitrogens is 4. The Labute approximate surface area is 235 Å². The van der Waals surface area contributed by atoms with E-state index >= 15 is 0 Å². The smallest absolute Gasteiger partial charge is 0.136 e. The van der Waals surface area contributed by atoms with Crippen LogP contribution in [0.3, 0.4) is 0 Å². The molecule has 5 nitrogen and oxygen atoms in total. The molecule has 0 N–H and O–H groups in total. The Morgan fingerprint density at radius 3 is 2.00 bits per heavy atom. The van der Waals surface area contributed by atoms with Crippen LogP contribution in [-0.2, 0) is 0 Å². The van der Waals surface area contributed by atoms with E-state index in [9.17, 15) is 0 Å². The van der Waals surface area contributed by atoms with Crippen molar-refractivity contribution in [2.75, 3.05) is 0 Å². The zero-order valence-corrected chi connectivity index (χ0v) is 21.9. The lowest BCUT2D eigenvalue weighted by atomic mass is 9.94. The van der Waals surface area contributed by atoms with Gasteiger partial charge in [0.15, 0.2) is 0 Å². The van der Waals surface area contributed by atoms with Crippen molar-refractivity contribution in [2.45, 2.75) is 0 Å². The molecule has 0 spiro atoms. The normalized spacial score (nSPS) is 11.4. The first-order valence-electron chi connectivity index (χ1n) is 13.5. The molecular formula is C36H22N4O. The van der Waals surface area contributed by atoms with Gasteiger partial charge in [-0.25, -0.2) is 4.98 Å². The van der Waals surface area contributed by atoms with Crippen LogP contribution >= 0.6 is 0 Å². The first-order chi connectivity index (χ1) is 20.3. The number of furan rings is 1. The average Bonchev–Trinajstić information content (AvgIpc) is 3.43. The fourth-order valence-electron chi connectivity index (χ4n) is 5.57. The number of hydrogen-bond acceptors (Lipinski definition) is 5.